The lowest BCUT2D eigenvalue weighted by molar-refractivity contribution is 0.0971. The van der Waals surface area contributed by atoms with Gasteiger partial charge >= 0.3 is 0 Å². The van der Waals surface area contributed by atoms with Gasteiger partial charge in [0.2, 0.25) is 0 Å². The van der Waals surface area contributed by atoms with Gasteiger partial charge in [0.25, 0.3) is 0 Å². The molecule has 1 fully saturated rings. The van der Waals surface area contributed by atoms with Crippen LogP contribution >= 0.6 is 0 Å². The van der Waals surface area contributed by atoms with E-state index in [1.54, 1.807) is 0 Å². The zero-order chi connectivity index (χ0) is 16.1. The summed E-state index contributed by atoms with van der Waals surface area (Å²) in [5.74, 6) is 0.913. The molecule has 126 valence electrons. The first-order chi connectivity index (χ1) is 9.65. The van der Waals surface area contributed by atoms with Crippen molar-refractivity contribution in [1.82, 2.24) is 10.2 Å². The van der Waals surface area contributed by atoms with Crippen LogP contribution in [0.5, 0.6) is 0 Å². The summed E-state index contributed by atoms with van der Waals surface area (Å²) in [4.78, 5) is 2.66. The number of nitrogens with one attached hydrogen (secondary N) is 1. The molecule has 0 aromatic carbocycles. The molecule has 0 aliphatic heterocycles. The third-order valence-electron chi connectivity index (χ3n) is 5.06. The maximum absolute atomic E-state index is 3.74. The minimum Gasteiger partial charge on any atom is -0.311 e. The molecule has 0 saturated heterocycles. The lowest BCUT2D eigenvalue weighted by Gasteiger charge is -2.41. The minimum absolute atomic E-state index is 0.215. The first kappa shape index (κ1) is 19.0. The van der Waals surface area contributed by atoms with Crippen LogP contribution in [0.3, 0.4) is 0 Å². The summed E-state index contributed by atoms with van der Waals surface area (Å²) in [6.07, 6.45) is 8.23. The monoisotopic (exact) mass is 296 g/mol. The first-order valence-corrected chi connectivity index (χ1v) is 9.10. The fourth-order valence-electron chi connectivity index (χ4n) is 3.84. The molecule has 3 atom stereocenters. The smallest absolute Gasteiger partial charge is 0.00967 e. The zero-order valence-electron chi connectivity index (χ0n) is 15.8. The largest absolute Gasteiger partial charge is 0.311 e. The van der Waals surface area contributed by atoms with E-state index in [0.717, 1.165) is 18.5 Å². The normalized spacial score (nSPS) is 26.9. The average Bonchev–Trinajstić information content (AvgIpc) is 2.36. The van der Waals surface area contributed by atoms with E-state index in [9.17, 15) is 0 Å². The molecule has 2 nitrogen and oxygen atoms in total. The molecule has 1 aliphatic carbocycles. The Balaban J connectivity index is 2.58. The lowest BCUT2D eigenvalue weighted by atomic mass is 9.81. The van der Waals surface area contributed by atoms with Crippen LogP contribution in [0.1, 0.15) is 80.1 Å². The van der Waals surface area contributed by atoms with E-state index in [1.807, 2.05) is 0 Å². The molecule has 0 heterocycles. The molecule has 0 amide bonds. The van der Waals surface area contributed by atoms with E-state index in [-0.39, 0.29) is 5.54 Å². The van der Waals surface area contributed by atoms with E-state index < -0.39 is 0 Å². The number of hydrogen-bond donors (Lipinski definition) is 1. The van der Waals surface area contributed by atoms with Gasteiger partial charge in [0.1, 0.15) is 0 Å². The van der Waals surface area contributed by atoms with Crippen molar-refractivity contribution in [2.45, 2.75) is 91.6 Å². The van der Waals surface area contributed by atoms with Gasteiger partial charge in [-0.1, -0.05) is 40.0 Å². The van der Waals surface area contributed by atoms with Crippen LogP contribution in [0, 0.1) is 11.3 Å². The van der Waals surface area contributed by atoms with E-state index in [1.165, 1.54) is 45.1 Å². The number of hydrogen-bond acceptors (Lipinski definition) is 2. The second kappa shape index (κ2) is 7.97. The molecule has 2 heteroatoms. The molecule has 21 heavy (non-hydrogen) atoms. The van der Waals surface area contributed by atoms with Gasteiger partial charge < -0.3 is 10.2 Å². The molecule has 0 radical (unpaired) electrons. The second-order valence-corrected chi connectivity index (χ2v) is 9.00. The highest BCUT2D eigenvalue weighted by atomic mass is 15.1. The molecule has 3 unspecified atom stereocenters. The van der Waals surface area contributed by atoms with Gasteiger partial charge in [-0.3, -0.25) is 0 Å². The van der Waals surface area contributed by atoms with Crippen molar-refractivity contribution in [1.29, 1.82) is 0 Å². The van der Waals surface area contributed by atoms with Crippen LogP contribution < -0.4 is 5.32 Å². The number of nitrogens with zero attached hydrogens (tertiary/aromatic N) is 1. The molecule has 0 aromatic rings. The van der Waals surface area contributed by atoms with Gasteiger partial charge in [0, 0.05) is 24.7 Å². The van der Waals surface area contributed by atoms with Crippen LogP contribution in [0.25, 0.3) is 0 Å². The third-order valence-corrected chi connectivity index (χ3v) is 5.06. The Morgan fingerprint density at radius 1 is 1.14 bits per heavy atom. The van der Waals surface area contributed by atoms with Crippen LogP contribution in [0.15, 0.2) is 0 Å². The van der Waals surface area contributed by atoms with Gasteiger partial charge in [0.15, 0.2) is 0 Å². The summed E-state index contributed by atoms with van der Waals surface area (Å²) >= 11 is 0. The maximum atomic E-state index is 3.74. The molecular formula is C19H40N2. The molecular weight excluding hydrogens is 256 g/mol. The average molecular weight is 297 g/mol. The number of rotatable bonds is 7. The van der Waals surface area contributed by atoms with Crippen LogP contribution in [0.2, 0.25) is 0 Å². The Kier molecular flexibility index (Phi) is 7.19. The van der Waals surface area contributed by atoms with Gasteiger partial charge in [-0.15, -0.1) is 0 Å². The van der Waals surface area contributed by atoms with E-state index in [2.05, 4.69) is 58.8 Å². The molecule has 1 rings (SSSR count). The summed E-state index contributed by atoms with van der Waals surface area (Å²) < 4.78 is 0. The van der Waals surface area contributed by atoms with Crippen LogP contribution in [0.4, 0.5) is 0 Å². The zero-order valence-corrected chi connectivity index (χ0v) is 15.8. The molecule has 0 spiro atoms. The summed E-state index contributed by atoms with van der Waals surface area (Å²) in [7, 11) is 2.35. The predicted octanol–water partition coefficient (Wildman–Crippen LogP) is 4.69. The fourth-order valence-corrected chi connectivity index (χ4v) is 3.84. The van der Waals surface area contributed by atoms with E-state index in [0.29, 0.717) is 5.41 Å². The topological polar surface area (TPSA) is 15.3 Å². The summed E-state index contributed by atoms with van der Waals surface area (Å²) in [6.45, 7) is 16.4. The predicted molar refractivity (Wildman–Crippen MR) is 94.8 cm³/mol. The van der Waals surface area contributed by atoms with Crippen molar-refractivity contribution in [3.05, 3.63) is 0 Å². The SMILES string of the molecule is CCCC(C)(CNC(C)(C)C)CN(C)C1CCCC(C)C1. The Morgan fingerprint density at radius 3 is 2.33 bits per heavy atom. The summed E-state index contributed by atoms with van der Waals surface area (Å²) in [5.41, 5.74) is 0.602. The van der Waals surface area contributed by atoms with Gasteiger partial charge in [0.05, 0.1) is 0 Å². The van der Waals surface area contributed by atoms with Crippen molar-refractivity contribution in [3.63, 3.8) is 0 Å². The van der Waals surface area contributed by atoms with Crippen LogP contribution in [-0.4, -0.2) is 36.6 Å². The van der Waals surface area contributed by atoms with Gasteiger partial charge in [-0.25, -0.2) is 0 Å². The molecule has 0 aromatic heterocycles. The Morgan fingerprint density at radius 2 is 1.81 bits per heavy atom. The second-order valence-electron chi connectivity index (χ2n) is 9.00. The Bertz CT molecular complexity index is 294. The summed E-state index contributed by atoms with van der Waals surface area (Å²) in [6, 6.07) is 0.805. The highest BCUT2D eigenvalue weighted by Gasteiger charge is 2.30. The highest BCUT2D eigenvalue weighted by Crippen LogP contribution is 2.30. The fraction of sp³-hybridized carbons (Fsp3) is 1.00. The highest BCUT2D eigenvalue weighted by molar-refractivity contribution is 4.86. The van der Waals surface area contributed by atoms with Crippen molar-refractivity contribution < 1.29 is 0 Å². The van der Waals surface area contributed by atoms with Crippen LogP contribution in [-0.2, 0) is 0 Å². The van der Waals surface area contributed by atoms with Gasteiger partial charge in [-0.2, -0.15) is 0 Å². The Labute approximate surface area is 134 Å². The van der Waals surface area contributed by atoms with E-state index >= 15 is 0 Å². The van der Waals surface area contributed by atoms with Crippen molar-refractivity contribution in [3.8, 4) is 0 Å². The molecule has 1 aliphatic rings. The minimum atomic E-state index is 0.215. The lowest BCUT2D eigenvalue weighted by Crippen LogP contribution is -2.49. The molecule has 0 bridgehead atoms. The Hall–Kier alpha value is -0.0800. The quantitative estimate of drug-likeness (QED) is 0.733. The first-order valence-electron chi connectivity index (χ1n) is 9.10. The third kappa shape index (κ3) is 7.15. The maximum Gasteiger partial charge on any atom is 0.00967 e. The molecule has 1 N–H and O–H groups in total. The van der Waals surface area contributed by atoms with E-state index in [4.69, 9.17) is 0 Å². The standard InChI is InChI=1S/C19H40N2/c1-8-12-19(6,14-20-18(3,4)5)15-21(7)17-11-9-10-16(2)13-17/h16-17,20H,8-15H2,1-7H3. The van der Waals surface area contributed by atoms with Crippen molar-refractivity contribution in [2.24, 2.45) is 11.3 Å². The molecule has 1 saturated carbocycles. The van der Waals surface area contributed by atoms with Crippen molar-refractivity contribution >= 4 is 0 Å². The summed E-state index contributed by atoms with van der Waals surface area (Å²) in [5, 5.41) is 3.74. The van der Waals surface area contributed by atoms with Gasteiger partial charge in [-0.05, 0) is 58.4 Å². The van der Waals surface area contributed by atoms with Crippen molar-refractivity contribution in [2.75, 3.05) is 20.1 Å².